The molecule has 3 aromatic carbocycles. The van der Waals surface area contributed by atoms with Crippen LogP contribution in [0.15, 0.2) is 71.7 Å². The lowest BCUT2D eigenvalue weighted by atomic mass is 9.90. The minimum Gasteiger partial charge on any atom is -0.481 e. The zero-order valence-electron chi connectivity index (χ0n) is 16.8. The van der Waals surface area contributed by atoms with E-state index in [1.54, 1.807) is 24.3 Å². The van der Waals surface area contributed by atoms with Crippen molar-refractivity contribution in [1.82, 2.24) is 0 Å². The summed E-state index contributed by atoms with van der Waals surface area (Å²) in [4.78, 5) is 16.1. The third-order valence-electron chi connectivity index (χ3n) is 5.33. The van der Waals surface area contributed by atoms with E-state index in [0.29, 0.717) is 16.7 Å². The fourth-order valence-corrected chi connectivity index (χ4v) is 3.82. The molecule has 1 unspecified atom stereocenters. The average Bonchev–Trinajstić information content (AvgIpc) is 3.18. The standard InChI is InChI=1S/C24H16F5NO3/c25-18-2-1-3-19(26)21(18)20-12-17(23(31)32)22(30-20)15-6-4-13(5-7-15)14-8-10-16(11-9-14)33-24(27,28)29/h1-11,17,22H,12H2,(H,31,32)/t17-,22?/m0/s1. The Bertz CT molecular complexity index is 1180. The Kier molecular flexibility index (Phi) is 5.88. The second-order valence-electron chi connectivity index (χ2n) is 7.46. The summed E-state index contributed by atoms with van der Waals surface area (Å²) in [5.41, 5.74) is 1.55. The van der Waals surface area contributed by atoms with Crippen molar-refractivity contribution in [3.05, 3.63) is 89.5 Å². The molecule has 1 aliphatic heterocycles. The average molecular weight is 461 g/mol. The number of nitrogens with zero attached hydrogens (tertiary/aromatic N) is 1. The van der Waals surface area contributed by atoms with E-state index < -0.39 is 35.9 Å². The lowest BCUT2D eigenvalue weighted by Crippen LogP contribution is -2.18. The number of ether oxygens (including phenoxy) is 1. The molecule has 4 nitrogen and oxygen atoms in total. The number of aliphatic carboxylic acids is 1. The van der Waals surface area contributed by atoms with Crippen LogP contribution in [0.25, 0.3) is 11.1 Å². The van der Waals surface area contributed by atoms with Gasteiger partial charge in [-0.1, -0.05) is 42.5 Å². The normalized spacial score (nSPS) is 18.2. The van der Waals surface area contributed by atoms with Crippen LogP contribution in [0.5, 0.6) is 5.75 Å². The fraction of sp³-hybridized carbons (Fsp3) is 0.167. The van der Waals surface area contributed by atoms with E-state index in [4.69, 9.17) is 0 Å². The Balaban J connectivity index is 1.60. The maximum atomic E-state index is 14.2. The molecule has 0 spiro atoms. The minimum atomic E-state index is -4.78. The third kappa shape index (κ3) is 4.87. The van der Waals surface area contributed by atoms with E-state index in [9.17, 15) is 31.9 Å². The molecule has 0 bridgehead atoms. The van der Waals surface area contributed by atoms with Gasteiger partial charge in [0.25, 0.3) is 0 Å². The quantitative estimate of drug-likeness (QED) is 0.463. The van der Waals surface area contributed by atoms with Gasteiger partial charge in [0.15, 0.2) is 0 Å². The summed E-state index contributed by atoms with van der Waals surface area (Å²) in [6.07, 6.45) is -4.91. The second kappa shape index (κ2) is 8.65. The van der Waals surface area contributed by atoms with Crippen molar-refractivity contribution in [1.29, 1.82) is 0 Å². The molecule has 0 fully saturated rings. The van der Waals surface area contributed by atoms with Gasteiger partial charge in [-0.15, -0.1) is 13.2 Å². The maximum absolute atomic E-state index is 14.2. The molecular formula is C24H16F5NO3. The van der Waals surface area contributed by atoms with E-state index in [-0.39, 0.29) is 23.4 Å². The molecule has 1 N–H and O–H groups in total. The van der Waals surface area contributed by atoms with Gasteiger partial charge in [0.2, 0.25) is 0 Å². The molecule has 33 heavy (non-hydrogen) atoms. The molecule has 1 aliphatic rings. The van der Waals surface area contributed by atoms with Crippen LogP contribution < -0.4 is 4.74 Å². The summed E-state index contributed by atoms with van der Waals surface area (Å²) in [5.74, 6) is -4.11. The van der Waals surface area contributed by atoms with Crippen LogP contribution in [0.3, 0.4) is 0 Å². The van der Waals surface area contributed by atoms with Crippen LogP contribution in [-0.2, 0) is 4.79 Å². The van der Waals surface area contributed by atoms with Gasteiger partial charge in [-0.25, -0.2) is 8.78 Å². The predicted molar refractivity (Wildman–Crippen MR) is 110 cm³/mol. The fourth-order valence-electron chi connectivity index (χ4n) is 3.82. The van der Waals surface area contributed by atoms with Crippen molar-refractivity contribution < 1.29 is 36.6 Å². The molecule has 0 aliphatic carbocycles. The lowest BCUT2D eigenvalue weighted by Gasteiger charge is -2.15. The minimum absolute atomic E-state index is 0.0485. The summed E-state index contributed by atoms with van der Waals surface area (Å²) in [6.45, 7) is 0. The van der Waals surface area contributed by atoms with E-state index >= 15 is 0 Å². The largest absolute Gasteiger partial charge is 0.573 e. The first-order valence-electron chi connectivity index (χ1n) is 9.82. The Labute approximate surface area is 185 Å². The van der Waals surface area contributed by atoms with Gasteiger partial charge in [-0.3, -0.25) is 9.79 Å². The van der Waals surface area contributed by atoms with Crippen LogP contribution in [-0.4, -0.2) is 23.1 Å². The smallest absolute Gasteiger partial charge is 0.481 e. The Morgan fingerprint density at radius 3 is 1.97 bits per heavy atom. The number of hydrogen-bond donors (Lipinski definition) is 1. The molecule has 3 aromatic rings. The number of benzene rings is 3. The van der Waals surface area contributed by atoms with Crippen molar-refractivity contribution >= 4 is 11.7 Å². The summed E-state index contributed by atoms with van der Waals surface area (Å²) < 4.78 is 69.1. The van der Waals surface area contributed by atoms with Crippen molar-refractivity contribution in [2.45, 2.75) is 18.8 Å². The van der Waals surface area contributed by atoms with Crippen LogP contribution in [0.2, 0.25) is 0 Å². The Hall–Kier alpha value is -3.75. The first-order valence-corrected chi connectivity index (χ1v) is 9.82. The highest BCUT2D eigenvalue weighted by atomic mass is 19.4. The van der Waals surface area contributed by atoms with Crippen molar-refractivity contribution in [2.75, 3.05) is 0 Å². The molecule has 170 valence electrons. The molecular weight excluding hydrogens is 445 g/mol. The van der Waals surface area contributed by atoms with Gasteiger partial charge < -0.3 is 9.84 Å². The number of halogens is 5. The van der Waals surface area contributed by atoms with Crippen molar-refractivity contribution in [3.63, 3.8) is 0 Å². The van der Waals surface area contributed by atoms with Gasteiger partial charge in [0, 0.05) is 12.1 Å². The monoisotopic (exact) mass is 461 g/mol. The van der Waals surface area contributed by atoms with E-state index in [1.165, 1.54) is 30.3 Å². The van der Waals surface area contributed by atoms with Crippen LogP contribution in [0, 0.1) is 17.6 Å². The second-order valence-corrected chi connectivity index (χ2v) is 7.46. The zero-order valence-corrected chi connectivity index (χ0v) is 16.8. The highest BCUT2D eigenvalue weighted by molar-refractivity contribution is 6.04. The molecule has 0 amide bonds. The van der Waals surface area contributed by atoms with E-state index in [1.807, 2.05) is 0 Å². The molecule has 4 rings (SSSR count). The summed E-state index contributed by atoms with van der Waals surface area (Å²) in [5, 5.41) is 9.63. The first-order chi connectivity index (χ1) is 15.6. The molecule has 2 atom stereocenters. The van der Waals surface area contributed by atoms with Crippen LogP contribution in [0.1, 0.15) is 23.6 Å². The molecule has 0 radical (unpaired) electrons. The summed E-state index contributed by atoms with van der Waals surface area (Å²) in [7, 11) is 0. The third-order valence-corrected chi connectivity index (χ3v) is 5.33. The zero-order chi connectivity index (χ0) is 23.8. The number of rotatable bonds is 5. The summed E-state index contributed by atoms with van der Waals surface area (Å²) >= 11 is 0. The van der Waals surface area contributed by atoms with Gasteiger partial charge in [-0.2, -0.15) is 0 Å². The highest BCUT2D eigenvalue weighted by Crippen LogP contribution is 2.38. The first kappa shape index (κ1) is 22.4. The number of carbonyl (C=O) groups is 1. The van der Waals surface area contributed by atoms with Crippen LogP contribution >= 0.6 is 0 Å². The molecule has 0 saturated carbocycles. The number of carboxylic acids is 1. The van der Waals surface area contributed by atoms with Gasteiger partial charge in [-0.05, 0) is 41.0 Å². The SMILES string of the molecule is O=C(O)[C@H]1CC(c2c(F)cccc2F)=NC1c1ccc(-c2ccc(OC(F)(F)F)cc2)cc1. The van der Waals surface area contributed by atoms with E-state index in [0.717, 1.165) is 12.1 Å². The van der Waals surface area contributed by atoms with Crippen molar-refractivity contribution in [2.24, 2.45) is 10.9 Å². The van der Waals surface area contributed by atoms with Gasteiger partial charge in [0.05, 0.1) is 17.5 Å². The Morgan fingerprint density at radius 2 is 1.45 bits per heavy atom. The van der Waals surface area contributed by atoms with Gasteiger partial charge >= 0.3 is 12.3 Å². The number of hydrogen-bond acceptors (Lipinski definition) is 3. The van der Waals surface area contributed by atoms with Crippen LogP contribution in [0.4, 0.5) is 22.0 Å². The maximum Gasteiger partial charge on any atom is 0.573 e. The van der Waals surface area contributed by atoms with Crippen molar-refractivity contribution in [3.8, 4) is 16.9 Å². The van der Waals surface area contributed by atoms with Gasteiger partial charge in [0.1, 0.15) is 17.4 Å². The topological polar surface area (TPSA) is 58.9 Å². The molecule has 0 saturated heterocycles. The van der Waals surface area contributed by atoms with E-state index in [2.05, 4.69) is 9.73 Å². The molecule has 0 aromatic heterocycles. The predicted octanol–water partition coefficient (Wildman–Crippen LogP) is 6.17. The Morgan fingerprint density at radius 1 is 0.909 bits per heavy atom. The number of alkyl halides is 3. The molecule has 1 heterocycles. The molecule has 9 heteroatoms. The summed E-state index contributed by atoms with van der Waals surface area (Å²) in [6, 6.07) is 14.5. The number of aliphatic imine (C=N–C) groups is 1. The highest BCUT2D eigenvalue weighted by Gasteiger charge is 2.37. The number of carboxylic acid groups (broad SMARTS) is 1. The lowest BCUT2D eigenvalue weighted by molar-refractivity contribution is -0.274.